The Morgan fingerprint density at radius 2 is 2.00 bits per heavy atom. The lowest BCUT2D eigenvalue weighted by Crippen LogP contribution is -2.15. The molecule has 0 atom stereocenters. The SMILES string of the molecule is O=C(CSc1ccc(-c2cccs2)nn1)Nc1ccccc1[N+](=O)[O-]. The fourth-order valence-corrected chi connectivity index (χ4v) is 3.32. The Hall–Kier alpha value is -2.78. The maximum Gasteiger partial charge on any atom is 0.292 e. The molecule has 3 aromatic rings. The Morgan fingerprint density at radius 1 is 1.16 bits per heavy atom. The van der Waals surface area contributed by atoms with Crippen LogP contribution in [0.1, 0.15) is 0 Å². The number of hydrogen-bond acceptors (Lipinski definition) is 7. The molecule has 3 rings (SSSR count). The van der Waals surface area contributed by atoms with Gasteiger partial charge in [0, 0.05) is 6.07 Å². The lowest BCUT2D eigenvalue weighted by molar-refractivity contribution is -0.383. The Labute approximate surface area is 151 Å². The number of carbonyl (C=O) groups is 1. The number of amides is 1. The molecule has 0 bridgehead atoms. The molecule has 0 aliphatic carbocycles. The topological polar surface area (TPSA) is 98.0 Å². The van der Waals surface area contributed by atoms with Crippen LogP contribution in [0, 0.1) is 10.1 Å². The molecule has 1 N–H and O–H groups in total. The molecule has 1 aromatic carbocycles. The molecule has 2 aromatic heterocycles. The fraction of sp³-hybridized carbons (Fsp3) is 0.0625. The van der Waals surface area contributed by atoms with E-state index < -0.39 is 4.92 Å². The van der Waals surface area contributed by atoms with Gasteiger partial charge >= 0.3 is 0 Å². The van der Waals surface area contributed by atoms with Crippen molar-refractivity contribution in [1.29, 1.82) is 0 Å². The number of nitro groups is 1. The van der Waals surface area contributed by atoms with Gasteiger partial charge in [-0.3, -0.25) is 14.9 Å². The quantitative estimate of drug-likeness (QED) is 0.401. The first kappa shape index (κ1) is 17.1. The highest BCUT2D eigenvalue weighted by atomic mass is 32.2. The molecule has 0 aliphatic heterocycles. The van der Waals surface area contributed by atoms with E-state index in [1.165, 1.54) is 23.9 Å². The van der Waals surface area contributed by atoms with Gasteiger partial charge in [-0.15, -0.1) is 21.5 Å². The van der Waals surface area contributed by atoms with Crippen molar-refractivity contribution in [2.45, 2.75) is 5.03 Å². The number of nitrogens with zero attached hydrogens (tertiary/aromatic N) is 3. The lowest BCUT2D eigenvalue weighted by Gasteiger charge is -2.05. The third-order valence-electron chi connectivity index (χ3n) is 3.14. The summed E-state index contributed by atoms with van der Waals surface area (Å²) in [5.74, 6) is -0.262. The van der Waals surface area contributed by atoms with E-state index in [0.29, 0.717) is 5.03 Å². The molecule has 7 nitrogen and oxygen atoms in total. The second-order valence-electron chi connectivity index (χ2n) is 4.85. The Bertz CT molecular complexity index is 883. The number of thioether (sulfide) groups is 1. The van der Waals surface area contributed by atoms with Gasteiger partial charge in [-0.05, 0) is 29.6 Å². The third-order valence-corrected chi connectivity index (χ3v) is 4.95. The molecule has 0 aliphatic rings. The standard InChI is InChI=1S/C16H12N4O3S2/c21-15(17-11-4-1-2-5-13(11)20(22)23)10-25-16-8-7-12(18-19-16)14-6-3-9-24-14/h1-9H,10H2,(H,17,21). The Kier molecular flexibility index (Phi) is 5.36. The number of aromatic nitrogens is 2. The second kappa shape index (κ2) is 7.86. The van der Waals surface area contributed by atoms with Crippen molar-refractivity contribution in [1.82, 2.24) is 10.2 Å². The zero-order chi connectivity index (χ0) is 17.6. The number of nitro benzene ring substituents is 1. The van der Waals surface area contributed by atoms with Crippen LogP contribution in [0.15, 0.2) is 58.9 Å². The summed E-state index contributed by atoms with van der Waals surface area (Å²) in [7, 11) is 0. The summed E-state index contributed by atoms with van der Waals surface area (Å²) in [5.41, 5.74) is 0.821. The molecule has 0 saturated heterocycles. The van der Waals surface area contributed by atoms with Gasteiger partial charge in [0.1, 0.15) is 16.4 Å². The molecule has 0 unspecified atom stereocenters. The maximum absolute atomic E-state index is 12.0. The van der Waals surface area contributed by atoms with Gasteiger partial charge < -0.3 is 5.32 Å². The number of thiophene rings is 1. The number of hydrogen-bond donors (Lipinski definition) is 1. The van der Waals surface area contributed by atoms with Gasteiger partial charge in [0.15, 0.2) is 0 Å². The maximum atomic E-state index is 12.0. The summed E-state index contributed by atoms with van der Waals surface area (Å²) in [6, 6.07) is 13.6. The summed E-state index contributed by atoms with van der Waals surface area (Å²) in [6.45, 7) is 0. The number of carbonyl (C=O) groups excluding carboxylic acids is 1. The summed E-state index contributed by atoms with van der Waals surface area (Å²) in [4.78, 5) is 23.5. The van der Waals surface area contributed by atoms with E-state index in [1.807, 2.05) is 23.6 Å². The number of para-hydroxylation sites is 2. The largest absolute Gasteiger partial charge is 0.320 e. The highest BCUT2D eigenvalue weighted by Gasteiger charge is 2.15. The van der Waals surface area contributed by atoms with E-state index in [0.717, 1.165) is 10.6 Å². The molecule has 126 valence electrons. The molecule has 0 radical (unpaired) electrons. The summed E-state index contributed by atoms with van der Waals surface area (Å²) >= 11 is 2.79. The van der Waals surface area contributed by atoms with Crippen LogP contribution in [0.25, 0.3) is 10.6 Å². The van der Waals surface area contributed by atoms with E-state index in [-0.39, 0.29) is 23.0 Å². The first-order chi connectivity index (χ1) is 12.1. The van der Waals surface area contributed by atoms with Crippen LogP contribution in [0.3, 0.4) is 0 Å². The van der Waals surface area contributed by atoms with Crippen LogP contribution in [-0.2, 0) is 4.79 Å². The normalized spacial score (nSPS) is 10.4. The Morgan fingerprint density at radius 3 is 2.68 bits per heavy atom. The van der Waals surface area contributed by atoms with Crippen molar-refractivity contribution in [3.05, 3.63) is 64.0 Å². The van der Waals surface area contributed by atoms with Crippen molar-refractivity contribution in [3.63, 3.8) is 0 Å². The Balaban J connectivity index is 1.58. The lowest BCUT2D eigenvalue weighted by atomic mass is 10.2. The smallest absolute Gasteiger partial charge is 0.292 e. The molecular formula is C16H12N4O3S2. The molecule has 0 saturated carbocycles. The van der Waals surface area contributed by atoms with Crippen molar-refractivity contribution in [3.8, 4) is 10.6 Å². The molecule has 0 fully saturated rings. The van der Waals surface area contributed by atoms with Gasteiger partial charge in [-0.1, -0.05) is 30.0 Å². The minimum atomic E-state index is -0.530. The van der Waals surface area contributed by atoms with E-state index in [9.17, 15) is 14.9 Å². The zero-order valence-corrected chi connectivity index (χ0v) is 14.4. The molecule has 0 spiro atoms. The predicted molar refractivity (Wildman–Crippen MR) is 97.8 cm³/mol. The van der Waals surface area contributed by atoms with E-state index in [1.54, 1.807) is 29.5 Å². The van der Waals surface area contributed by atoms with Crippen molar-refractivity contribution in [2.75, 3.05) is 11.1 Å². The van der Waals surface area contributed by atoms with Gasteiger partial charge in [0.25, 0.3) is 5.69 Å². The highest BCUT2D eigenvalue weighted by Crippen LogP contribution is 2.25. The summed E-state index contributed by atoms with van der Waals surface area (Å²) < 4.78 is 0. The number of nitrogens with one attached hydrogen (secondary N) is 1. The van der Waals surface area contributed by atoms with Gasteiger partial charge in [-0.2, -0.15) is 0 Å². The van der Waals surface area contributed by atoms with Crippen molar-refractivity contribution < 1.29 is 9.72 Å². The van der Waals surface area contributed by atoms with E-state index in [4.69, 9.17) is 0 Å². The number of anilines is 1. The van der Waals surface area contributed by atoms with Crippen molar-refractivity contribution >= 4 is 40.4 Å². The van der Waals surface area contributed by atoms with E-state index >= 15 is 0 Å². The monoisotopic (exact) mass is 372 g/mol. The third kappa shape index (κ3) is 4.40. The predicted octanol–water partition coefficient (Wildman–Crippen LogP) is 3.84. The number of benzene rings is 1. The summed E-state index contributed by atoms with van der Waals surface area (Å²) in [5, 5.41) is 24.3. The molecule has 2 heterocycles. The van der Waals surface area contributed by atoms with Gasteiger partial charge in [-0.25, -0.2) is 0 Å². The minimum absolute atomic E-state index is 0.0824. The average Bonchev–Trinajstić information content (AvgIpc) is 3.15. The molecular weight excluding hydrogens is 360 g/mol. The zero-order valence-electron chi connectivity index (χ0n) is 12.8. The molecule has 25 heavy (non-hydrogen) atoms. The van der Waals surface area contributed by atoms with Crippen LogP contribution >= 0.6 is 23.1 Å². The highest BCUT2D eigenvalue weighted by molar-refractivity contribution is 7.99. The fourth-order valence-electron chi connectivity index (χ4n) is 2.02. The van der Waals surface area contributed by atoms with E-state index in [2.05, 4.69) is 15.5 Å². The number of rotatable bonds is 6. The molecule has 1 amide bonds. The summed E-state index contributed by atoms with van der Waals surface area (Å²) in [6.07, 6.45) is 0. The van der Waals surface area contributed by atoms with Crippen LogP contribution in [0.4, 0.5) is 11.4 Å². The van der Waals surface area contributed by atoms with Crippen LogP contribution in [0.2, 0.25) is 0 Å². The first-order valence-corrected chi connectivity index (χ1v) is 9.03. The first-order valence-electron chi connectivity index (χ1n) is 7.17. The van der Waals surface area contributed by atoms with Crippen LogP contribution in [0.5, 0.6) is 0 Å². The molecule has 9 heteroatoms. The second-order valence-corrected chi connectivity index (χ2v) is 6.79. The average molecular weight is 372 g/mol. The van der Waals surface area contributed by atoms with Gasteiger partial charge in [0.2, 0.25) is 5.91 Å². The van der Waals surface area contributed by atoms with Crippen LogP contribution in [-0.4, -0.2) is 26.8 Å². The minimum Gasteiger partial charge on any atom is -0.320 e. The van der Waals surface area contributed by atoms with Crippen molar-refractivity contribution in [2.24, 2.45) is 0 Å². The van der Waals surface area contributed by atoms with Gasteiger partial charge in [0.05, 0.1) is 15.6 Å². The van der Waals surface area contributed by atoms with Crippen LogP contribution < -0.4 is 5.32 Å².